The van der Waals surface area contributed by atoms with Crippen LogP contribution < -0.4 is 5.32 Å². The maximum atomic E-state index is 4.61. The predicted octanol–water partition coefficient (Wildman–Crippen LogP) is 2.24. The first kappa shape index (κ1) is 11.5. The lowest BCUT2D eigenvalue weighted by atomic mass is 10.2. The summed E-state index contributed by atoms with van der Waals surface area (Å²) in [5, 5.41) is 3.38. The van der Waals surface area contributed by atoms with Gasteiger partial charge in [0.1, 0.15) is 5.82 Å². The first-order valence-electron chi connectivity index (χ1n) is 6.32. The normalized spacial score (nSPS) is 15.4. The topological polar surface area (TPSA) is 37.8 Å². The van der Waals surface area contributed by atoms with Crippen molar-refractivity contribution in [3.63, 3.8) is 0 Å². The van der Waals surface area contributed by atoms with Crippen LogP contribution in [0, 0.1) is 12.8 Å². The van der Waals surface area contributed by atoms with Gasteiger partial charge in [0.05, 0.1) is 5.69 Å². The molecule has 1 fully saturated rings. The molecule has 3 nitrogen and oxygen atoms in total. The van der Waals surface area contributed by atoms with Gasteiger partial charge in [-0.25, -0.2) is 9.97 Å². The quantitative estimate of drug-likeness (QED) is 0.746. The Morgan fingerprint density at radius 3 is 2.88 bits per heavy atom. The van der Waals surface area contributed by atoms with Gasteiger partial charge >= 0.3 is 0 Å². The SMILES string of the molecule is CCCNCc1cc(C)nc(CC2CC2)n1. The molecular formula is C13H21N3. The number of rotatable bonds is 6. The first-order chi connectivity index (χ1) is 7.78. The highest BCUT2D eigenvalue weighted by Gasteiger charge is 2.22. The van der Waals surface area contributed by atoms with E-state index in [2.05, 4.69) is 35.2 Å². The van der Waals surface area contributed by atoms with E-state index in [-0.39, 0.29) is 0 Å². The molecule has 0 radical (unpaired) electrons. The molecule has 0 atom stereocenters. The summed E-state index contributed by atoms with van der Waals surface area (Å²) in [7, 11) is 0. The van der Waals surface area contributed by atoms with Crippen LogP contribution in [-0.2, 0) is 13.0 Å². The second-order valence-corrected chi connectivity index (χ2v) is 4.74. The lowest BCUT2D eigenvalue weighted by Crippen LogP contribution is -2.16. The molecule has 0 saturated heterocycles. The van der Waals surface area contributed by atoms with Crippen LogP contribution in [0.5, 0.6) is 0 Å². The van der Waals surface area contributed by atoms with Crippen LogP contribution in [-0.4, -0.2) is 16.5 Å². The van der Waals surface area contributed by atoms with E-state index in [0.29, 0.717) is 0 Å². The molecule has 1 saturated carbocycles. The van der Waals surface area contributed by atoms with Crippen molar-refractivity contribution in [3.8, 4) is 0 Å². The Bertz CT molecular complexity index is 345. The number of hydrogen-bond donors (Lipinski definition) is 1. The van der Waals surface area contributed by atoms with Crippen LogP contribution in [0.25, 0.3) is 0 Å². The fraction of sp³-hybridized carbons (Fsp3) is 0.692. The van der Waals surface area contributed by atoms with Gasteiger partial charge in [0.2, 0.25) is 0 Å². The minimum absolute atomic E-state index is 0.859. The van der Waals surface area contributed by atoms with Crippen molar-refractivity contribution in [1.29, 1.82) is 0 Å². The summed E-state index contributed by atoms with van der Waals surface area (Å²) < 4.78 is 0. The lowest BCUT2D eigenvalue weighted by Gasteiger charge is -2.06. The Balaban J connectivity index is 1.96. The van der Waals surface area contributed by atoms with Crippen LogP contribution in [0.3, 0.4) is 0 Å². The highest BCUT2D eigenvalue weighted by Crippen LogP contribution is 2.31. The molecule has 16 heavy (non-hydrogen) atoms. The van der Waals surface area contributed by atoms with Gasteiger partial charge < -0.3 is 5.32 Å². The predicted molar refractivity (Wildman–Crippen MR) is 65.2 cm³/mol. The molecule has 1 aromatic heterocycles. The smallest absolute Gasteiger partial charge is 0.129 e. The van der Waals surface area contributed by atoms with Crippen LogP contribution in [0.4, 0.5) is 0 Å². The van der Waals surface area contributed by atoms with Crippen LogP contribution in [0.2, 0.25) is 0 Å². The molecule has 1 aliphatic carbocycles. The molecule has 0 aromatic carbocycles. The fourth-order valence-corrected chi connectivity index (χ4v) is 1.86. The third-order valence-corrected chi connectivity index (χ3v) is 2.85. The standard InChI is InChI=1S/C13H21N3/c1-3-6-14-9-12-7-10(2)15-13(16-12)8-11-4-5-11/h7,11,14H,3-6,8-9H2,1-2H3. The zero-order valence-electron chi connectivity index (χ0n) is 10.3. The van der Waals surface area contributed by atoms with Gasteiger partial charge in [-0.3, -0.25) is 0 Å². The number of nitrogens with one attached hydrogen (secondary N) is 1. The molecule has 0 spiro atoms. The maximum absolute atomic E-state index is 4.61. The zero-order chi connectivity index (χ0) is 11.4. The lowest BCUT2D eigenvalue weighted by molar-refractivity contribution is 0.652. The van der Waals surface area contributed by atoms with E-state index in [0.717, 1.165) is 42.6 Å². The Morgan fingerprint density at radius 1 is 1.38 bits per heavy atom. The molecule has 3 heteroatoms. The van der Waals surface area contributed by atoms with Gasteiger partial charge in [-0.05, 0) is 44.7 Å². The van der Waals surface area contributed by atoms with Gasteiger partial charge in [-0.2, -0.15) is 0 Å². The van der Waals surface area contributed by atoms with Crippen LogP contribution in [0.15, 0.2) is 6.07 Å². The first-order valence-corrected chi connectivity index (χ1v) is 6.32. The molecule has 0 amide bonds. The summed E-state index contributed by atoms with van der Waals surface area (Å²) >= 11 is 0. The third kappa shape index (κ3) is 3.56. The van der Waals surface area contributed by atoms with E-state index in [1.807, 2.05) is 0 Å². The molecular weight excluding hydrogens is 198 g/mol. The number of aromatic nitrogens is 2. The van der Waals surface area contributed by atoms with Crippen LogP contribution in [0.1, 0.15) is 43.4 Å². The molecule has 1 N–H and O–H groups in total. The summed E-state index contributed by atoms with van der Waals surface area (Å²) in [5.41, 5.74) is 2.23. The molecule has 88 valence electrons. The van der Waals surface area contributed by atoms with E-state index in [4.69, 9.17) is 0 Å². The van der Waals surface area contributed by atoms with Crippen molar-refractivity contribution in [2.45, 2.75) is 46.1 Å². The van der Waals surface area contributed by atoms with Crippen molar-refractivity contribution in [2.75, 3.05) is 6.54 Å². The van der Waals surface area contributed by atoms with Gasteiger partial charge in [-0.1, -0.05) is 6.92 Å². The summed E-state index contributed by atoms with van der Waals surface area (Å²) in [6, 6.07) is 2.08. The molecule has 0 bridgehead atoms. The fourth-order valence-electron chi connectivity index (χ4n) is 1.86. The van der Waals surface area contributed by atoms with E-state index in [1.54, 1.807) is 0 Å². The van der Waals surface area contributed by atoms with Crippen molar-refractivity contribution >= 4 is 0 Å². The molecule has 1 aliphatic rings. The number of aryl methyl sites for hydroxylation is 1. The maximum Gasteiger partial charge on any atom is 0.129 e. The number of nitrogens with zero attached hydrogens (tertiary/aromatic N) is 2. The Hall–Kier alpha value is -0.960. The Kier molecular flexibility index (Phi) is 3.88. The van der Waals surface area contributed by atoms with Crippen molar-refractivity contribution in [3.05, 3.63) is 23.3 Å². The molecule has 0 aliphatic heterocycles. The molecule has 1 aromatic rings. The van der Waals surface area contributed by atoms with Gasteiger partial charge in [0.25, 0.3) is 0 Å². The van der Waals surface area contributed by atoms with E-state index in [1.165, 1.54) is 19.3 Å². The minimum atomic E-state index is 0.859. The summed E-state index contributed by atoms with van der Waals surface area (Å²) in [6.07, 6.45) is 4.96. The van der Waals surface area contributed by atoms with E-state index in [9.17, 15) is 0 Å². The average Bonchev–Trinajstić information content (AvgIpc) is 3.01. The highest BCUT2D eigenvalue weighted by atomic mass is 14.9. The van der Waals surface area contributed by atoms with Gasteiger partial charge in [0, 0.05) is 18.7 Å². The largest absolute Gasteiger partial charge is 0.311 e. The summed E-state index contributed by atoms with van der Waals surface area (Å²) in [4.78, 5) is 9.12. The summed E-state index contributed by atoms with van der Waals surface area (Å²) in [6.45, 7) is 6.16. The van der Waals surface area contributed by atoms with Crippen molar-refractivity contribution in [1.82, 2.24) is 15.3 Å². The van der Waals surface area contributed by atoms with Crippen molar-refractivity contribution < 1.29 is 0 Å². The monoisotopic (exact) mass is 219 g/mol. The number of hydrogen-bond acceptors (Lipinski definition) is 3. The Labute approximate surface area is 97.7 Å². The second kappa shape index (κ2) is 5.39. The third-order valence-electron chi connectivity index (χ3n) is 2.85. The minimum Gasteiger partial charge on any atom is -0.311 e. The highest BCUT2D eigenvalue weighted by molar-refractivity contribution is 5.10. The second-order valence-electron chi connectivity index (χ2n) is 4.74. The zero-order valence-corrected chi connectivity index (χ0v) is 10.3. The molecule has 1 heterocycles. The van der Waals surface area contributed by atoms with E-state index >= 15 is 0 Å². The van der Waals surface area contributed by atoms with Crippen LogP contribution >= 0.6 is 0 Å². The molecule has 2 rings (SSSR count). The van der Waals surface area contributed by atoms with Gasteiger partial charge in [0.15, 0.2) is 0 Å². The Morgan fingerprint density at radius 2 is 2.19 bits per heavy atom. The van der Waals surface area contributed by atoms with Gasteiger partial charge in [-0.15, -0.1) is 0 Å². The molecule has 0 unspecified atom stereocenters. The summed E-state index contributed by atoms with van der Waals surface area (Å²) in [5.74, 6) is 1.90. The van der Waals surface area contributed by atoms with E-state index < -0.39 is 0 Å². The van der Waals surface area contributed by atoms with Crippen molar-refractivity contribution in [2.24, 2.45) is 5.92 Å². The average molecular weight is 219 g/mol.